The third-order valence-corrected chi connectivity index (χ3v) is 5.81. The number of aryl methyl sites for hydroxylation is 1. The minimum Gasteiger partial charge on any atom is -0.496 e. The first-order chi connectivity index (χ1) is 10.4. The van der Waals surface area contributed by atoms with Gasteiger partial charge in [0.15, 0.2) is 0 Å². The average Bonchev–Trinajstić information content (AvgIpc) is 2.54. The highest BCUT2D eigenvalue weighted by molar-refractivity contribution is 7.89. The van der Waals surface area contributed by atoms with Crippen molar-refractivity contribution >= 4 is 15.9 Å². The first-order valence-electron chi connectivity index (χ1n) is 7.30. The molecule has 1 aromatic rings. The molecule has 1 aliphatic heterocycles. The van der Waals surface area contributed by atoms with E-state index < -0.39 is 10.0 Å². The van der Waals surface area contributed by atoms with Crippen molar-refractivity contribution in [2.75, 3.05) is 39.0 Å². The Morgan fingerprint density at radius 1 is 1.23 bits per heavy atom. The molecule has 22 heavy (non-hydrogen) atoms. The van der Waals surface area contributed by atoms with Gasteiger partial charge in [0, 0.05) is 31.7 Å². The van der Waals surface area contributed by atoms with Crippen LogP contribution in [0.1, 0.15) is 22.8 Å². The van der Waals surface area contributed by atoms with Crippen LogP contribution in [0, 0.1) is 6.92 Å². The molecule has 0 N–H and O–H groups in total. The predicted molar refractivity (Wildman–Crippen MR) is 84.7 cm³/mol. The van der Waals surface area contributed by atoms with Crippen molar-refractivity contribution in [2.24, 2.45) is 0 Å². The zero-order chi connectivity index (χ0) is 16.3. The first kappa shape index (κ1) is 16.8. The molecule has 0 aliphatic carbocycles. The smallest absolute Gasteiger partial charge is 0.253 e. The van der Waals surface area contributed by atoms with Crippen molar-refractivity contribution in [3.63, 3.8) is 0 Å². The van der Waals surface area contributed by atoms with E-state index in [1.54, 1.807) is 37.1 Å². The van der Waals surface area contributed by atoms with Crippen LogP contribution in [0.3, 0.4) is 0 Å². The van der Waals surface area contributed by atoms with E-state index in [0.717, 1.165) is 11.3 Å². The Hall–Kier alpha value is -1.60. The maximum absolute atomic E-state index is 12.5. The Balaban J connectivity index is 2.05. The predicted octanol–water partition coefficient (Wildman–Crippen LogP) is 1.11. The van der Waals surface area contributed by atoms with E-state index in [1.165, 1.54) is 4.31 Å². The largest absolute Gasteiger partial charge is 0.496 e. The molecule has 0 spiro atoms. The number of nitrogens with zero attached hydrogens (tertiary/aromatic N) is 2. The SMILES string of the molecule is CCS(=O)(=O)N1CCN(C(=O)c2ccc(OC)c(C)c2)CC1. The summed E-state index contributed by atoms with van der Waals surface area (Å²) in [7, 11) is -1.58. The average molecular weight is 326 g/mol. The van der Waals surface area contributed by atoms with Gasteiger partial charge in [0.2, 0.25) is 10.0 Å². The molecule has 1 saturated heterocycles. The summed E-state index contributed by atoms with van der Waals surface area (Å²) in [4.78, 5) is 14.2. The monoisotopic (exact) mass is 326 g/mol. The van der Waals surface area contributed by atoms with Gasteiger partial charge in [-0.25, -0.2) is 8.42 Å². The van der Waals surface area contributed by atoms with Gasteiger partial charge in [-0.1, -0.05) is 0 Å². The van der Waals surface area contributed by atoms with E-state index in [0.29, 0.717) is 31.7 Å². The van der Waals surface area contributed by atoms with Crippen molar-refractivity contribution in [3.05, 3.63) is 29.3 Å². The number of carbonyl (C=O) groups is 1. The lowest BCUT2D eigenvalue weighted by Gasteiger charge is -2.33. The van der Waals surface area contributed by atoms with Gasteiger partial charge in [-0.05, 0) is 37.6 Å². The molecule has 0 saturated carbocycles. The number of hydrogen-bond acceptors (Lipinski definition) is 4. The Morgan fingerprint density at radius 2 is 1.86 bits per heavy atom. The molecule has 1 aliphatic rings. The van der Waals surface area contributed by atoms with E-state index in [9.17, 15) is 13.2 Å². The number of rotatable bonds is 4. The second kappa shape index (κ2) is 6.66. The molecule has 6 nitrogen and oxygen atoms in total. The normalized spacial score (nSPS) is 16.6. The number of methoxy groups -OCH3 is 1. The van der Waals surface area contributed by atoms with Crippen LogP contribution in [-0.2, 0) is 10.0 Å². The molecule has 7 heteroatoms. The summed E-state index contributed by atoms with van der Waals surface area (Å²) in [6.07, 6.45) is 0. The number of hydrogen-bond donors (Lipinski definition) is 0. The number of amides is 1. The van der Waals surface area contributed by atoms with E-state index in [4.69, 9.17) is 4.74 Å². The maximum Gasteiger partial charge on any atom is 0.253 e. The number of piperazine rings is 1. The fraction of sp³-hybridized carbons (Fsp3) is 0.533. The molecule has 1 aromatic carbocycles. The van der Waals surface area contributed by atoms with Gasteiger partial charge in [0.1, 0.15) is 5.75 Å². The lowest BCUT2D eigenvalue weighted by atomic mass is 10.1. The van der Waals surface area contributed by atoms with Gasteiger partial charge >= 0.3 is 0 Å². The van der Waals surface area contributed by atoms with Gasteiger partial charge in [-0.15, -0.1) is 0 Å². The highest BCUT2D eigenvalue weighted by Gasteiger charge is 2.28. The van der Waals surface area contributed by atoms with Gasteiger partial charge < -0.3 is 9.64 Å². The molecular formula is C15H22N2O4S. The van der Waals surface area contributed by atoms with Gasteiger partial charge in [0.25, 0.3) is 5.91 Å². The van der Waals surface area contributed by atoms with Crippen LogP contribution in [0.5, 0.6) is 5.75 Å². The van der Waals surface area contributed by atoms with Crippen molar-refractivity contribution in [1.82, 2.24) is 9.21 Å². The van der Waals surface area contributed by atoms with Crippen molar-refractivity contribution < 1.29 is 17.9 Å². The third kappa shape index (κ3) is 3.41. The highest BCUT2D eigenvalue weighted by atomic mass is 32.2. The zero-order valence-corrected chi connectivity index (χ0v) is 14.0. The van der Waals surface area contributed by atoms with Crippen molar-refractivity contribution in [3.8, 4) is 5.75 Å². The van der Waals surface area contributed by atoms with E-state index in [1.807, 2.05) is 6.92 Å². The Morgan fingerprint density at radius 3 is 2.36 bits per heavy atom. The standard InChI is InChI=1S/C15H22N2O4S/c1-4-22(19,20)17-9-7-16(8-10-17)15(18)13-5-6-14(21-3)12(2)11-13/h5-6,11H,4,7-10H2,1-3H3. The fourth-order valence-corrected chi connectivity index (χ4v) is 3.63. The minimum atomic E-state index is -3.17. The molecule has 1 heterocycles. The highest BCUT2D eigenvalue weighted by Crippen LogP contribution is 2.20. The molecule has 0 atom stereocenters. The van der Waals surface area contributed by atoms with Gasteiger partial charge in [-0.2, -0.15) is 4.31 Å². The summed E-state index contributed by atoms with van der Waals surface area (Å²) in [6.45, 7) is 5.08. The molecule has 0 bridgehead atoms. The van der Waals surface area contributed by atoms with Gasteiger partial charge in [-0.3, -0.25) is 4.79 Å². The maximum atomic E-state index is 12.5. The summed E-state index contributed by atoms with van der Waals surface area (Å²) in [5, 5.41) is 0. The molecule has 0 unspecified atom stereocenters. The molecule has 1 fully saturated rings. The second-order valence-corrected chi connectivity index (χ2v) is 7.53. The van der Waals surface area contributed by atoms with Crippen LogP contribution in [0.15, 0.2) is 18.2 Å². The lowest BCUT2D eigenvalue weighted by Crippen LogP contribution is -2.50. The number of benzene rings is 1. The summed E-state index contributed by atoms with van der Waals surface area (Å²) in [5.74, 6) is 0.772. The second-order valence-electron chi connectivity index (χ2n) is 5.28. The Bertz CT molecular complexity index is 650. The summed E-state index contributed by atoms with van der Waals surface area (Å²) >= 11 is 0. The van der Waals surface area contributed by atoms with Crippen LogP contribution >= 0.6 is 0 Å². The first-order valence-corrected chi connectivity index (χ1v) is 8.91. The summed E-state index contributed by atoms with van der Waals surface area (Å²) in [5.41, 5.74) is 1.51. The molecule has 122 valence electrons. The van der Waals surface area contributed by atoms with Crippen molar-refractivity contribution in [1.29, 1.82) is 0 Å². The van der Waals surface area contributed by atoms with E-state index >= 15 is 0 Å². The summed E-state index contributed by atoms with van der Waals surface area (Å²) in [6, 6.07) is 5.32. The van der Waals surface area contributed by atoms with Crippen LogP contribution in [0.25, 0.3) is 0 Å². The molecular weight excluding hydrogens is 304 g/mol. The Kier molecular flexibility index (Phi) is 5.08. The number of sulfonamides is 1. The van der Waals surface area contributed by atoms with Crippen LogP contribution in [0.2, 0.25) is 0 Å². The van der Waals surface area contributed by atoms with Crippen LogP contribution in [0.4, 0.5) is 0 Å². The van der Waals surface area contributed by atoms with Crippen molar-refractivity contribution in [2.45, 2.75) is 13.8 Å². The molecule has 2 rings (SSSR count). The fourth-order valence-electron chi connectivity index (χ4n) is 2.55. The Labute approximate surface area is 131 Å². The molecule has 0 aromatic heterocycles. The lowest BCUT2D eigenvalue weighted by molar-refractivity contribution is 0.0698. The quantitative estimate of drug-likeness (QED) is 0.831. The van der Waals surface area contributed by atoms with Crippen LogP contribution < -0.4 is 4.74 Å². The van der Waals surface area contributed by atoms with E-state index in [2.05, 4.69) is 0 Å². The van der Waals surface area contributed by atoms with E-state index in [-0.39, 0.29) is 11.7 Å². The third-order valence-electron chi connectivity index (χ3n) is 3.93. The van der Waals surface area contributed by atoms with Gasteiger partial charge in [0.05, 0.1) is 12.9 Å². The number of ether oxygens (including phenoxy) is 1. The number of carbonyl (C=O) groups excluding carboxylic acids is 1. The minimum absolute atomic E-state index is 0.0701. The molecule has 0 radical (unpaired) electrons. The molecule has 1 amide bonds. The van der Waals surface area contributed by atoms with Crippen LogP contribution in [-0.4, -0.2) is 62.6 Å². The summed E-state index contributed by atoms with van der Waals surface area (Å²) < 4.78 is 30.3. The topological polar surface area (TPSA) is 66.9 Å². The zero-order valence-electron chi connectivity index (χ0n) is 13.2.